The molecule has 0 fully saturated rings. The molecule has 0 aliphatic rings. The van der Waals surface area contributed by atoms with Crippen molar-refractivity contribution < 1.29 is 19.1 Å². The van der Waals surface area contributed by atoms with Crippen molar-refractivity contribution in [1.29, 1.82) is 0 Å². The summed E-state index contributed by atoms with van der Waals surface area (Å²) >= 11 is 1.02. The summed E-state index contributed by atoms with van der Waals surface area (Å²) < 4.78 is 11.7. The minimum Gasteiger partial charge on any atom is -0.494 e. The normalized spacial score (nSPS) is 10.4. The summed E-state index contributed by atoms with van der Waals surface area (Å²) in [6.07, 6.45) is 0. The highest BCUT2D eigenvalue weighted by Crippen LogP contribution is 2.13. The van der Waals surface area contributed by atoms with Crippen LogP contribution in [-0.2, 0) is 27.4 Å². The zero-order valence-electron chi connectivity index (χ0n) is 15.1. The molecule has 0 saturated carbocycles. The van der Waals surface area contributed by atoms with Gasteiger partial charge in [0.2, 0.25) is 0 Å². The Hall–Kier alpha value is -2.61. The number of thiazole rings is 1. The number of aryl methyl sites for hydroxylation is 1. The second-order valence-electron chi connectivity index (χ2n) is 5.72. The molecule has 0 N–H and O–H groups in total. The molecule has 0 radical (unpaired) electrons. The van der Waals surface area contributed by atoms with E-state index in [2.05, 4.69) is 0 Å². The van der Waals surface area contributed by atoms with Crippen molar-refractivity contribution in [2.45, 2.75) is 26.9 Å². The van der Waals surface area contributed by atoms with Gasteiger partial charge >= 0.3 is 10.8 Å². The van der Waals surface area contributed by atoms with E-state index in [1.807, 2.05) is 31.2 Å². The van der Waals surface area contributed by atoms with Crippen LogP contribution in [0.5, 0.6) is 5.75 Å². The average molecular weight is 378 g/mol. The lowest BCUT2D eigenvalue weighted by molar-refractivity contribution is -0.152. The van der Waals surface area contributed by atoms with Crippen LogP contribution in [0.3, 0.4) is 0 Å². The number of carbonyl (C=O) groups excluding carboxylic acids is 2. The number of nitrogens with zero attached hydrogens (tertiary/aromatic N) is 2. The lowest BCUT2D eigenvalue weighted by Gasteiger charge is -2.17. The van der Waals surface area contributed by atoms with Crippen molar-refractivity contribution in [3.63, 3.8) is 0 Å². The van der Waals surface area contributed by atoms with Crippen molar-refractivity contribution >= 4 is 23.2 Å². The summed E-state index contributed by atoms with van der Waals surface area (Å²) in [5.74, 6) is -0.156. The van der Waals surface area contributed by atoms with E-state index in [-0.39, 0.29) is 23.9 Å². The van der Waals surface area contributed by atoms with E-state index >= 15 is 0 Å². The van der Waals surface area contributed by atoms with E-state index in [1.165, 1.54) is 9.47 Å². The number of benzene rings is 1. The lowest BCUT2D eigenvalue weighted by Crippen LogP contribution is -2.32. The monoisotopic (exact) mass is 378 g/mol. The molecular weight excluding hydrogens is 356 g/mol. The maximum atomic E-state index is 12.1. The molecule has 1 amide bonds. The zero-order valence-corrected chi connectivity index (χ0v) is 15.9. The number of hydrogen-bond donors (Lipinski definition) is 0. The zero-order chi connectivity index (χ0) is 19.1. The standard InChI is InChI=1S/C18H22N2O5S/c1-4-24-15-7-5-14(6-8-15)9-19(3)16(21)11-25-17(22)10-20-13(2)12-26-18(20)23/h5-8,12H,4,9-11H2,1-3H3. The number of esters is 1. The third-order valence-electron chi connectivity index (χ3n) is 3.70. The second-order valence-corrected chi connectivity index (χ2v) is 6.54. The van der Waals surface area contributed by atoms with E-state index < -0.39 is 5.97 Å². The molecule has 7 nitrogen and oxygen atoms in total. The van der Waals surface area contributed by atoms with Gasteiger partial charge in [-0.05, 0) is 31.5 Å². The number of rotatable bonds is 8. The first kappa shape index (κ1) is 19.7. The molecule has 1 aromatic heterocycles. The fourth-order valence-corrected chi connectivity index (χ4v) is 2.98. The van der Waals surface area contributed by atoms with Gasteiger partial charge in [-0.15, -0.1) is 0 Å². The SMILES string of the molecule is CCOc1ccc(CN(C)C(=O)COC(=O)Cn2c(C)csc2=O)cc1. The fourth-order valence-electron chi connectivity index (χ4n) is 2.24. The number of carbonyl (C=O) groups is 2. The van der Waals surface area contributed by atoms with Crippen LogP contribution >= 0.6 is 11.3 Å². The minimum atomic E-state index is -0.614. The molecule has 140 valence electrons. The Labute approximate surface area is 155 Å². The van der Waals surface area contributed by atoms with Crippen LogP contribution in [0.2, 0.25) is 0 Å². The van der Waals surface area contributed by atoms with E-state index in [4.69, 9.17) is 9.47 Å². The number of aromatic nitrogens is 1. The van der Waals surface area contributed by atoms with Crippen molar-refractivity contribution in [3.05, 3.63) is 50.6 Å². The summed E-state index contributed by atoms with van der Waals surface area (Å²) in [6.45, 7) is 4.10. The Morgan fingerprint density at radius 1 is 1.23 bits per heavy atom. The van der Waals surface area contributed by atoms with Gasteiger partial charge in [0.05, 0.1) is 6.61 Å². The fraction of sp³-hybridized carbons (Fsp3) is 0.389. The van der Waals surface area contributed by atoms with Crippen molar-refractivity contribution in [3.8, 4) is 5.75 Å². The van der Waals surface area contributed by atoms with E-state index in [1.54, 1.807) is 19.4 Å². The van der Waals surface area contributed by atoms with Crippen LogP contribution in [0.1, 0.15) is 18.2 Å². The van der Waals surface area contributed by atoms with Gasteiger partial charge in [-0.3, -0.25) is 19.0 Å². The Kier molecular flexibility index (Phi) is 6.97. The Morgan fingerprint density at radius 2 is 1.92 bits per heavy atom. The van der Waals surface area contributed by atoms with E-state index in [0.717, 1.165) is 22.6 Å². The van der Waals surface area contributed by atoms with Crippen molar-refractivity contribution in [1.82, 2.24) is 9.47 Å². The molecule has 0 atom stereocenters. The molecule has 0 unspecified atom stereocenters. The first-order chi connectivity index (χ1) is 12.4. The first-order valence-corrected chi connectivity index (χ1v) is 9.05. The maximum Gasteiger partial charge on any atom is 0.326 e. The minimum absolute atomic E-state index is 0.190. The molecule has 0 saturated heterocycles. The van der Waals surface area contributed by atoms with Gasteiger partial charge in [-0.1, -0.05) is 23.5 Å². The highest BCUT2D eigenvalue weighted by Gasteiger charge is 2.14. The van der Waals surface area contributed by atoms with Crippen molar-refractivity contribution in [2.75, 3.05) is 20.3 Å². The molecule has 0 spiro atoms. The van der Waals surface area contributed by atoms with Gasteiger partial charge in [-0.2, -0.15) is 0 Å². The number of hydrogen-bond acceptors (Lipinski definition) is 6. The van der Waals surface area contributed by atoms with Gasteiger partial charge in [0.1, 0.15) is 12.3 Å². The predicted octanol–water partition coefficient (Wildman–Crippen LogP) is 1.82. The summed E-state index contributed by atoms with van der Waals surface area (Å²) in [5.41, 5.74) is 1.63. The molecule has 2 aromatic rings. The highest BCUT2D eigenvalue weighted by atomic mass is 32.1. The molecule has 1 heterocycles. The Morgan fingerprint density at radius 3 is 2.50 bits per heavy atom. The van der Waals surface area contributed by atoms with Crippen LogP contribution in [0.4, 0.5) is 0 Å². The summed E-state index contributed by atoms with van der Waals surface area (Å²) in [6, 6.07) is 7.45. The van der Waals surface area contributed by atoms with Gasteiger partial charge in [0.25, 0.3) is 5.91 Å². The molecule has 1 aromatic carbocycles. The predicted molar refractivity (Wildman–Crippen MR) is 98.4 cm³/mol. The third kappa shape index (κ3) is 5.45. The molecule has 2 rings (SSSR count). The summed E-state index contributed by atoms with van der Waals surface area (Å²) in [5, 5.41) is 1.67. The smallest absolute Gasteiger partial charge is 0.326 e. The summed E-state index contributed by atoms with van der Waals surface area (Å²) in [7, 11) is 1.64. The van der Waals surface area contributed by atoms with Crippen molar-refractivity contribution in [2.24, 2.45) is 0 Å². The lowest BCUT2D eigenvalue weighted by atomic mass is 10.2. The second kappa shape index (κ2) is 9.19. The molecule has 0 bridgehead atoms. The van der Waals surface area contributed by atoms with Gasteiger partial charge in [0.15, 0.2) is 6.61 Å². The Balaban J connectivity index is 1.81. The number of ether oxygens (including phenoxy) is 2. The topological polar surface area (TPSA) is 77.8 Å². The van der Waals surface area contributed by atoms with Gasteiger partial charge < -0.3 is 14.4 Å². The third-order valence-corrected chi connectivity index (χ3v) is 4.58. The Bertz CT molecular complexity index is 810. The van der Waals surface area contributed by atoms with Gasteiger partial charge in [-0.25, -0.2) is 0 Å². The molecule has 8 heteroatoms. The van der Waals surface area contributed by atoms with Crippen LogP contribution in [-0.4, -0.2) is 41.6 Å². The van der Waals surface area contributed by atoms with E-state index in [0.29, 0.717) is 18.8 Å². The van der Waals surface area contributed by atoms with Crippen LogP contribution in [0.15, 0.2) is 34.4 Å². The number of amides is 1. The quantitative estimate of drug-likeness (QED) is 0.655. The molecular formula is C18H22N2O5S. The first-order valence-electron chi connectivity index (χ1n) is 8.17. The van der Waals surface area contributed by atoms with Crippen LogP contribution in [0, 0.1) is 6.92 Å². The van der Waals surface area contributed by atoms with Crippen LogP contribution in [0.25, 0.3) is 0 Å². The van der Waals surface area contributed by atoms with Crippen LogP contribution < -0.4 is 9.61 Å². The highest BCUT2D eigenvalue weighted by molar-refractivity contribution is 7.07. The van der Waals surface area contributed by atoms with E-state index in [9.17, 15) is 14.4 Å². The maximum absolute atomic E-state index is 12.1. The molecule has 26 heavy (non-hydrogen) atoms. The largest absolute Gasteiger partial charge is 0.494 e. The number of likely N-dealkylation sites (N-methyl/N-ethyl adjacent to an activating group) is 1. The average Bonchev–Trinajstić information content (AvgIpc) is 2.93. The molecule has 0 aliphatic heterocycles. The van der Waals surface area contributed by atoms with Gasteiger partial charge in [0, 0.05) is 24.7 Å². The molecule has 0 aliphatic carbocycles. The summed E-state index contributed by atoms with van der Waals surface area (Å²) in [4.78, 5) is 36.8.